The number of nitrogens with zero attached hydrogens (tertiary/aromatic N) is 3. The van der Waals surface area contributed by atoms with Gasteiger partial charge in [-0.3, -0.25) is 19.1 Å². The average Bonchev–Trinajstić information content (AvgIpc) is 3.59. The maximum atomic E-state index is 14.5. The third-order valence-electron chi connectivity index (χ3n) is 8.36. The Morgan fingerprint density at radius 1 is 1.07 bits per heavy atom. The Hall–Kier alpha value is -2.87. The zero-order valence-electron chi connectivity index (χ0n) is 23.5. The second-order valence-electron chi connectivity index (χ2n) is 11.4. The van der Waals surface area contributed by atoms with E-state index in [1.54, 1.807) is 13.8 Å². The van der Waals surface area contributed by atoms with Gasteiger partial charge in [0, 0.05) is 6.54 Å². The predicted octanol–water partition coefficient (Wildman–Crippen LogP) is 7.70. The van der Waals surface area contributed by atoms with E-state index in [0.717, 1.165) is 12.1 Å². The van der Waals surface area contributed by atoms with Gasteiger partial charge in [-0.1, -0.05) is 23.2 Å². The summed E-state index contributed by atoms with van der Waals surface area (Å²) in [7, 11) is 0. The number of carbonyl (C=O) groups excluding carboxylic acids is 3. The van der Waals surface area contributed by atoms with Crippen molar-refractivity contribution in [3.63, 3.8) is 0 Å². The fraction of sp³-hybridized carbons (Fsp3) is 0.571. The van der Waals surface area contributed by atoms with Gasteiger partial charge in [0.1, 0.15) is 5.82 Å². The Morgan fingerprint density at radius 2 is 1.68 bits per heavy atom. The summed E-state index contributed by atoms with van der Waals surface area (Å²) in [4.78, 5) is 39.5. The van der Waals surface area contributed by atoms with Crippen LogP contribution in [0.25, 0.3) is 0 Å². The van der Waals surface area contributed by atoms with Crippen LogP contribution in [0.15, 0.2) is 18.3 Å². The highest BCUT2D eigenvalue weighted by molar-refractivity contribution is 6.40. The Kier molecular flexibility index (Phi) is 9.39. The molecule has 0 bridgehead atoms. The van der Waals surface area contributed by atoms with E-state index in [9.17, 15) is 45.1 Å². The summed E-state index contributed by atoms with van der Waals surface area (Å²) in [5.41, 5.74) is -6.54. The van der Waals surface area contributed by atoms with Crippen LogP contribution in [-0.2, 0) is 15.7 Å². The van der Waals surface area contributed by atoms with Crippen LogP contribution in [0.5, 0.6) is 0 Å². The van der Waals surface area contributed by atoms with E-state index in [1.165, 1.54) is 0 Å². The van der Waals surface area contributed by atoms with Crippen molar-refractivity contribution in [2.75, 3.05) is 19.7 Å². The number of hydrogen-bond donors (Lipinski definition) is 0. The fourth-order valence-electron chi connectivity index (χ4n) is 5.52. The van der Waals surface area contributed by atoms with Crippen molar-refractivity contribution in [2.24, 2.45) is 10.8 Å². The molecular formula is C28H28Cl2F7N3O4. The summed E-state index contributed by atoms with van der Waals surface area (Å²) >= 11 is 11.8. The fourth-order valence-corrected chi connectivity index (χ4v) is 6.11. The number of amides is 1. The second-order valence-corrected chi connectivity index (χ2v) is 12.2. The van der Waals surface area contributed by atoms with Gasteiger partial charge in [-0.25, -0.2) is 4.39 Å². The van der Waals surface area contributed by atoms with Crippen LogP contribution in [0.2, 0.25) is 10.0 Å². The molecule has 2 aliphatic carbocycles. The third-order valence-corrected chi connectivity index (χ3v) is 9.04. The third kappa shape index (κ3) is 6.56. The van der Waals surface area contributed by atoms with E-state index in [0.29, 0.717) is 15.8 Å². The van der Waals surface area contributed by atoms with Gasteiger partial charge < -0.3 is 9.64 Å². The lowest BCUT2D eigenvalue weighted by molar-refractivity contribution is -0.189. The summed E-state index contributed by atoms with van der Waals surface area (Å²) in [6.07, 6.45) is -9.74. The van der Waals surface area contributed by atoms with E-state index < -0.39 is 100 Å². The molecule has 4 rings (SSSR count). The van der Waals surface area contributed by atoms with E-state index in [1.807, 2.05) is 0 Å². The molecule has 1 aromatic heterocycles. The molecule has 1 heterocycles. The Balaban J connectivity index is 1.70. The minimum absolute atomic E-state index is 0.0731. The highest BCUT2D eigenvalue weighted by Crippen LogP contribution is 2.58. The summed E-state index contributed by atoms with van der Waals surface area (Å²) in [5.74, 6) is -4.25. The van der Waals surface area contributed by atoms with E-state index in [4.69, 9.17) is 27.9 Å². The molecule has 0 radical (unpaired) electrons. The second kappa shape index (κ2) is 12.1. The van der Waals surface area contributed by atoms with E-state index in [2.05, 4.69) is 5.10 Å². The van der Waals surface area contributed by atoms with E-state index in [-0.39, 0.29) is 37.3 Å². The maximum absolute atomic E-state index is 14.5. The summed E-state index contributed by atoms with van der Waals surface area (Å²) < 4.78 is 105. The molecule has 0 N–H and O–H groups in total. The van der Waals surface area contributed by atoms with Gasteiger partial charge in [-0.15, -0.1) is 0 Å². The van der Waals surface area contributed by atoms with Gasteiger partial charge in [0.05, 0.1) is 57.4 Å². The number of carbonyl (C=O) groups is 3. The molecule has 16 heteroatoms. The zero-order valence-corrected chi connectivity index (χ0v) is 25.1. The summed E-state index contributed by atoms with van der Waals surface area (Å²) in [5, 5.41) is 2.70. The lowest BCUT2D eigenvalue weighted by Crippen LogP contribution is -2.44. The van der Waals surface area contributed by atoms with Gasteiger partial charge in [-0.2, -0.15) is 31.4 Å². The first-order valence-electron chi connectivity index (χ1n) is 13.7. The van der Waals surface area contributed by atoms with Crippen LogP contribution in [0.3, 0.4) is 0 Å². The SMILES string of the molecule is CCOC(=O)[C@]1(C)CC[C@@H](n2ncc(C(=O)N(CC(=O)c3c(Cl)ccc(F)c3Cl)CC3(C(F)(F)F)CC3)c2C(F)(F)F)CC1. The molecule has 44 heavy (non-hydrogen) atoms. The van der Waals surface area contributed by atoms with Crippen LogP contribution >= 0.6 is 23.2 Å². The molecule has 1 amide bonds. The number of benzene rings is 1. The van der Waals surface area contributed by atoms with Crippen molar-refractivity contribution >= 4 is 40.9 Å². The van der Waals surface area contributed by atoms with Gasteiger partial charge in [-0.05, 0) is 64.5 Å². The molecule has 0 unspecified atom stereocenters. The zero-order chi connectivity index (χ0) is 32.8. The minimum atomic E-state index is -5.17. The molecule has 2 aliphatic rings. The first kappa shape index (κ1) is 34.0. The van der Waals surface area contributed by atoms with Crippen molar-refractivity contribution in [1.82, 2.24) is 14.7 Å². The van der Waals surface area contributed by atoms with Crippen LogP contribution < -0.4 is 0 Å². The number of rotatable bonds is 9. The highest BCUT2D eigenvalue weighted by atomic mass is 35.5. The average molecular weight is 674 g/mol. The van der Waals surface area contributed by atoms with Crippen molar-refractivity contribution in [3.8, 4) is 0 Å². The monoisotopic (exact) mass is 673 g/mol. The van der Waals surface area contributed by atoms with Crippen molar-refractivity contribution in [2.45, 2.75) is 70.8 Å². The number of halogens is 9. The molecule has 2 aromatic rings. The number of alkyl halides is 6. The lowest BCUT2D eigenvalue weighted by atomic mass is 9.74. The number of Topliss-reactive ketones (excluding diaryl/α,β-unsaturated/α-hetero) is 1. The Labute approximate surface area is 257 Å². The molecule has 7 nitrogen and oxygen atoms in total. The first-order valence-corrected chi connectivity index (χ1v) is 14.5. The number of ether oxygens (including phenoxy) is 1. The molecule has 2 saturated carbocycles. The standard InChI is InChI=1S/C28H28Cl2F7N3O4/c1-3-44-24(43)25(2)8-6-15(7-9-25)40-22(27(32,33)34)16(12-38-40)23(42)39(14-26(10-11-26)28(35,36)37)13-19(41)20-17(29)4-5-18(31)21(20)30/h4-5,12,15H,3,6-11,13-14H2,1-2H3/t15-,25-. The topological polar surface area (TPSA) is 81.5 Å². The van der Waals surface area contributed by atoms with Crippen LogP contribution in [0, 0.1) is 16.6 Å². The Morgan fingerprint density at radius 3 is 2.20 bits per heavy atom. The van der Waals surface area contributed by atoms with Gasteiger partial charge >= 0.3 is 18.3 Å². The molecular weight excluding hydrogens is 646 g/mol. The first-order chi connectivity index (χ1) is 20.3. The highest BCUT2D eigenvalue weighted by Gasteiger charge is 2.64. The van der Waals surface area contributed by atoms with Crippen molar-refractivity contribution in [3.05, 3.63) is 51.0 Å². The quantitative estimate of drug-likeness (QED) is 0.118. The van der Waals surface area contributed by atoms with Crippen LogP contribution in [-0.4, -0.2) is 58.2 Å². The molecule has 0 aliphatic heterocycles. The molecule has 1 aromatic carbocycles. The largest absolute Gasteiger partial charge is 0.466 e. The number of ketones is 1. The Bertz CT molecular complexity index is 1450. The smallest absolute Gasteiger partial charge is 0.433 e. The van der Waals surface area contributed by atoms with Crippen molar-refractivity contribution < 1.29 is 49.9 Å². The summed E-state index contributed by atoms with van der Waals surface area (Å²) in [6.45, 7) is 1.11. The molecule has 0 atom stereocenters. The maximum Gasteiger partial charge on any atom is 0.433 e. The lowest BCUT2D eigenvalue weighted by Gasteiger charge is -2.36. The van der Waals surface area contributed by atoms with Crippen molar-refractivity contribution in [1.29, 1.82) is 0 Å². The van der Waals surface area contributed by atoms with Gasteiger partial charge in [0.25, 0.3) is 5.91 Å². The summed E-state index contributed by atoms with van der Waals surface area (Å²) in [6, 6.07) is 0.932. The number of esters is 1. The molecule has 0 saturated heterocycles. The molecule has 0 spiro atoms. The van der Waals surface area contributed by atoms with Crippen LogP contribution in [0.1, 0.15) is 84.8 Å². The number of aromatic nitrogens is 2. The molecule has 2 fully saturated rings. The predicted molar refractivity (Wildman–Crippen MR) is 144 cm³/mol. The van der Waals surface area contributed by atoms with Gasteiger partial charge in [0.2, 0.25) is 0 Å². The number of hydrogen-bond acceptors (Lipinski definition) is 5. The van der Waals surface area contributed by atoms with E-state index >= 15 is 0 Å². The van der Waals surface area contributed by atoms with Crippen LogP contribution in [0.4, 0.5) is 30.7 Å². The normalized spacial score (nSPS) is 21.6. The molecule has 242 valence electrons. The minimum Gasteiger partial charge on any atom is -0.466 e. The van der Waals surface area contributed by atoms with Gasteiger partial charge in [0.15, 0.2) is 11.5 Å².